The first kappa shape index (κ1) is 22.4. The van der Waals surface area contributed by atoms with Crippen LogP contribution in [0.5, 0.6) is 0 Å². The number of hydrogen-bond donors (Lipinski definition) is 1. The fourth-order valence-corrected chi connectivity index (χ4v) is 4.41. The number of carbonyl (C=O) groups excluding carboxylic acids is 1. The van der Waals surface area contributed by atoms with Gasteiger partial charge in [-0.15, -0.1) is 0 Å². The van der Waals surface area contributed by atoms with Gasteiger partial charge in [0.05, 0.1) is 29.1 Å². The van der Waals surface area contributed by atoms with Gasteiger partial charge in [-0.3, -0.25) is 14.4 Å². The van der Waals surface area contributed by atoms with Crippen LogP contribution in [0, 0.1) is 13.8 Å². The van der Waals surface area contributed by atoms with Crippen LogP contribution < -0.4 is 5.32 Å². The molecule has 0 spiro atoms. The minimum atomic E-state index is -0.180. The van der Waals surface area contributed by atoms with E-state index in [1.165, 1.54) is 11.3 Å². The second-order valence-corrected chi connectivity index (χ2v) is 8.80. The van der Waals surface area contributed by atoms with Crippen molar-refractivity contribution in [3.63, 3.8) is 0 Å². The number of aryl methyl sites for hydroxylation is 2. The van der Waals surface area contributed by atoms with Crippen molar-refractivity contribution in [2.45, 2.75) is 59.9 Å². The Bertz CT molecular complexity index is 1120. The molecule has 7 heteroatoms. The Hall–Kier alpha value is -2.77. The van der Waals surface area contributed by atoms with E-state index in [-0.39, 0.29) is 18.1 Å². The summed E-state index contributed by atoms with van der Waals surface area (Å²) in [5.74, 6) is -0.0780. The number of nitrogens with zero attached hydrogens (tertiary/aromatic N) is 4. The molecule has 0 bridgehead atoms. The Morgan fingerprint density at radius 3 is 2.78 bits per heavy atom. The van der Waals surface area contributed by atoms with E-state index in [4.69, 9.17) is 9.72 Å². The molecule has 7 nitrogen and oxygen atoms in total. The van der Waals surface area contributed by atoms with Gasteiger partial charge in [0.25, 0.3) is 5.91 Å². The van der Waals surface area contributed by atoms with E-state index >= 15 is 0 Å². The standard InChI is InChI=1S/C25H33N5O2/c1-6-30-18(5)21(17(4)28-30)14-29-11-12-32-24(15-29)23-13-20(25(31)26-16(2)3)19-9-7-8-10-22(19)27-23/h7-10,13,16,24H,6,11-12,14-15H2,1-5H3,(H,26,31)/t24-/m0/s1. The van der Waals surface area contributed by atoms with Gasteiger partial charge in [0.2, 0.25) is 0 Å². The van der Waals surface area contributed by atoms with Crippen molar-refractivity contribution < 1.29 is 9.53 Å². The van der Waals surface area contributed by atoms with Gasteiger partial charge in [0.1, 0.15) is 6.10 Å². The quantitative estimate of drug-likeness (QED) is 0.638. The van der Waals surface area contributed by atoms with Crippen LogP contribution in [0.4, 0.5) is 0 Å². The number of carbonyl (C=O) groups is 1. The summed E-state index contributed by atoms with van der Waals surface area (Å²) in [5.41, 5.74) is 5.87. The van der Waals surface area contributed by atoms with Gasteiger partial charge < -0.3 is 10.1 Å². The minimum absolute atomic E-state index is 0.0646. The number of benzene rings is 1. The molecule has 1 aliphatic rings. The summed E-state index contributed by atoms with van der Waals surface area (Å²) in [6, 6.07) is 9.77. The third-order valence-corrected chi connectivity index (χ3v) is 6.09. The van der Waals surface area contributed by atoms with Crippen LogP contribution in [0.1, 0.15) is 59.9 Å². The Morgan fingerprint density at radius 1 is 1.28 bits per heavy atom. The number of pyridine rings is 1. The zero-order valence-corrected chi connectivity index (χ0v) is 19.7. The molecule has 1 N–H and O–H groups in total. The highest BCUT2D eigenvalue weighted by molar-refractivity contribution is 6.06. The van der Waals surface area contributed by atoms with Gasteiger partial charge in [0, 0.05) is 48.9 Å². The molecule has 32 heavy (non-hydrogen) atoms. The summed E-state index contributed by atoms with van der Waals surface area (Å²) >= 11 is 0. The van der Waals surface area contributed by atoms with E-state index in [0.29, 0.717) is 12.2 Å². The van der Waals surface area contributed by atoms with Crippen LogP contribution in [0.2, 0.25) is 0 Å². The smallest absolute Gasteiger partial charge is 0.252 e. The van der Waals surface area contributed by atoms with Crippen molar-refractivity contribution in [1.29, 1.82) is 0 Å². The molecule has 4 rings (SSSR count). The lowest BCUT2D eigenvalue weighted by atomic mass is 10.0. The summed E-state index contributed by atoms with van der Waals surface area (Å²) in [6.07, 6.45) is -0.180. The molecule has 1 fully saturated rings. The summed E-state index contributed by atoms with van der Waals surface area (Å²) in [5, 5.41) is 8.54. The number of nitrogens with one attached hydrogen (secondary N) is 1. The molecule has 1 aliphatic heterocycles. The van der Waals surface area contributed by atoms with Crippen LogP contribution >= 0.6 is 0 Å². The van der Waals surface area contributed by atoms with Gasteiger partial charge in [0.15, 0.2) is 0 Å². The second kappa shape index (κ2) is 9.38. The van der Waals surface area contributed by atoms with Crippen molar-refractivity contribution in [1.82, 2.24) is 25.0 Å². The molecule has 3 heterocycles. The Morgan fingerprint density at radius 2 is 2.06 bits per heavy atom. The van der Waals surface area contributed by atoms with Crippen LogP contribution in [0.15, 0.2) is 30.3 Å². The highest BCUT2D eigenvalue weighted by Crippen LogP contribution is 2.27. The number of hydrogen-bond acceptors (Lipinski definition) is 5. The van der Waals surface area contributed by atoms with Gasteiger partial charge in [-0.2, -0.15) is 5.10 Å². The third kappa shape index (κ3) is 4.54. The van der Waals surface area contributed by atoms with Crippen LogP contribution in [-0.4, -0.2) is 51.3 Å². The van der Waals surface area contributed by atoms with E-state index < -0.39 is 0 Å². The largest absolute Gasteiger partial charge is 0.369 e. The molecule has 170 valence electrons. The van der Waals surface area contributed by atoms with Crippen LogP contribution in [-0.2, 0) is 17.8 Å². The SMILES string of the molecule is CCn1nc(C)c(CN2CCO[C@H](c3cc(C(=O)NC(C)C)c4ccccc4n3)C2)c1C. The zero-order valence-electron chi connectivity index (χ0n) is 19.7. The summed E-state index contributed by atoms with van der Waals surface area (Å²) in [4.78, 5) is 20.2. The fraction of sp³-hybridized carbons (Fsp3) is 0.480. The number of aromatic nitrogens is 3. The highest BCUT2D eigenvalue weighted by atomic mass is 16.5. The maximum Gasteiger partial charge on any atom is 0.252 e. The summed E-state index contributed by atoms with van der Waals surface area (Å²) in [6.45, 7) is 14.2. The number of amides is 1. The lowest BCUT2D eigenvalue weighted by molar-refractivity contribution is -0.0349. The molecular formula is C25H33N5O2. The first-order valence-corrected chi connectivity index (χ1v) is 11.4. The van der Waals surface area contributed by atoms with Crippen molar-refractivity contribution in [2.24, 2.45) is 0 Å². The van der Waals surface area contributed by atoms with E-state index in [9.17, 15) is 4.79 Å². The molecule has 0 unspecified atom stereocenters. The number of fused-ring (bicyclic) bond motifs is 1. The molecule has 3 aromatic rings. The predicted octanol–water partition coefficient (Wildman–Crippen LogP) is 3.78. The van der Waals surface area contributed by atoms with E-state index in [1.807, 2.05) is 44.2 Å². The first-order chi connectivity index (χ1) is 15.4. The van der Waals surface area contributed by atoms with E-state index in [0.717, 1.165) is 48.5 Å². The fourth-order valence-electron chi connectivity index (χ4n) is 4.41. The van der Waals surface area contributed by atoms with E-state index in [2.05, 4.69) is 40.8 Å². The second-order valence-electron chi connectivity index (χ2n) is 8.80. The van der Waals surface area contributed by atoms with Gasteiger partial charge in [-0.1, -0.05) is 18.2 Å². The van der Waals surface area contributed by atoms with E-state index in [1.54, 1.807) is 0 Å². The minimum Gasteiger partial charge on any atom is -0.369 e. The summed E-state index contributed by atoms with van der Waals surface area (Å²) < 4.78 is 8.19. The molecular weight excluding hydrogens is 402 g/mol. The van der Waals surface area contributed by atoms with Gasteiger partial charge >= 0.3 is 0 Å². The average molecular weight is 436 g/mol. The highest BCUT2D eigenvalue weighted by Gasteiger charge is 2.26. The number of para-hydroxylation sites is 1. The molecule has 0 aliphatic carbocycles. The molecule has 1 amide bonds. The van der Waals surface area contributed by atoms with Crippen molar-refractivity contribution in [3.05, 3.63) is 58.5 Å². The van der Waals surface area contributed by atoms with Crippen molar-refractivity contribution >= 4 is 16.8 Å². The zero-order chi connectivity index (χ0) is 22.8. The molecule has 0 radical (unpaired) electrons. The van der Waals surface area contributed by atoms with Crippen LogP contribution in [0.3, 0.4) is 0 Å². The maximum absolute atomic E-state index is 12.9. The molecule has 0 saturated carbocycles. The maximum atomic E-state index is 12.9. The molecule has 1 atom stereocenters. The summed E-state index contributed by atoms with van der Waals surface area (Å²) in [7, 11) is 0. The lowest BCUT2D eigenvalue weighted by Crippen LogP contribution is -2.38. The Labute approximate surface area is 189 Å². The normalized spacial score (nSPS) is 17.2. The number of ether oxygens (including phenoxy) is 1. The number of rotatable bonds is 6. The predicted molar refractivity (Wildman–Crippen MR) is 126 cm³/mol. The van der Waals surface area contributed by atoms with Crippen LogP contribution in [0.25, 0.3) is 10.9 Å². The lowest BCUT2D eigenvalue weighted by Gasteiger charge is -2.33. The number of morpholine rings is 1. The molecule has 2 aromatic heterocycles. The van der Waals surface area contributed by atoms with Crippen molar-refractivity contribution in [2.75, 3.05) is 19.7 Å². The topological polar surface area (TPSA) is 72.3 Å². The van der Waals surface area contributed by atoms with Crippen molar-refractivity contribution in [3.8, 4) is 0 Å². The van der Waals surface area contributed by atoms with Gasteiger partial charge in [-0.25, -0.2) is 4.98 Å². The Balaban J connectivity index is 1.61. The molecule has 1 aromatic carbocycles. The first-order valence-electron chi connectivity index (χ1n) is 11.4. The average Bonchev–Trinajstić information content (AvgIpc) is 3.05. The monoisotopic (exact) mass is 435 g/mol. The third-order valence-electron chi connectivity index (χ3n) is 6.09. The molecule has 1 saturated heterocycles. The Kier molecular flexibility index (Phi) is 6.58. The van der Waals surface area contributed by atoms with Gasteiger partial charge in [-0.05, 0) is 46.8 Å².